The fourth-order valence-electron chi connectivity index (χ4n) is 1.43. The van der Waals surface area contributed by atoms with Gasteiger partial charge in [-0.3, -0.25) is 0 Å². The minimum atomic E-state index is 0.357. The molecule has 0 saturated carbocycles. The average molecular weight is 224 g/mol. The van der Waals surface area contributed by atoms with Crippen molar-refractivity contribution in [2.75, 3.05) is 18.5 Å². The Kier molecular flexibility index (Phi) is 3.96. The summed E-state index contributed by atoms with van der Waals surface area (Å²) in [7, 11) is 1.96. The number of rotatable bonds is 4. The molecule has 4 nitrogen and oxygen atoms in total. The predicted molar refractivity (Wildman–Crippen MR) is 66.0 cm³/mol. The molecule has 0 atom stereocenters. The Morgan fingerprint density at radius 3 is 2.80 bits per heavy atom. The largest absolute Gasteiger partial charge is 0.389 e. The zero-order chi connectivity index (χ0) is 11.4. The van der Waals surface area contributed by atoms with E-state index in [4.69, 9.17) is 18.0 Å². The van der Waals surface area contributed by atoms with Gasteiger partial charge in [0.05, 0.1) is 11.8 Å². The Morgan fingerprint density at radius 2 is 2.27 bits per heavy atom. The van der Waals surface area contributed by atoms with Crippen molar-refractivity contribution >= 4 is 23.0 Å². The van der Waals surface area contributed by atoms with Crippen molar-refractivity contribution in [3.05, 3.63) is 17.8 Å². The molecule has 5 heteroatoms. The first-order valence-corrected chi connectivity index (χ1v) is 5.25. The number of hydrogen-bond donors (Lipinski definition) is 1. The standard InChI is InChI=1S/C10H16N4S/c1-7(2)6-14(3)10-8(9(11)15)4-5-12-13-10/h4-5,7H,6H2,1-3H3,(H2,11,15). The van der Waals surface area contributed by atoms with Gasteiger partial charge >= 0.3 is 0 Å². The summed E-state index contributed by atoms with van der Waals surface area (Å²) >= 11 is 4.97. The number of aromatic nitrogens is 2. The molecule has 15 heavy (non-hydrogen) atoms. The Morgan fingerprint density at radius 1 is 1.60 bits per heavy atom. The topological polar surface area (TPSA) is 55.0 Å². The molecular formula is C10H16N4S. The van der Waals surface area contributed by atoms with Crippen LogP contribution < -0.4 is 10.6 Å². The van der Waals surface area contributed by atoms with E-state index in [9.17, 15) is 0 Å². The maximum Gasteiger partial charge on any atom is 0.161 e. The van der Waals surface area contributed by atoms with Gasteiger partial charge in [0.2, 0.25) is 0 Å². The van der Waals surface area contributed by atoms with Gasteiger partial charge in [0.15, 0.2) is 5.82 Å². The molecule has 1 rings (SSSR count). The maximum atomic E-state index is 5.62. The first-order valence-electron chi connectivity index (χ1n) is 4.85. The summed E-state index contributed by atoms with van der Waals surface area (Å²) in [5.41, 5.74) is 6.40. The van der Waals surface area contributed by atoms with Gasteiger partial charge in [-0.1, -0.05) is 26.1 Å². The highest BCUT2D eigenvalue weighted by Crippen LogP contribution is 2.15. The molecule has 0 aliphatic carbocycles. The first kappa shape index (κ1) is 11.8. The van der Waals surface area contributed by atoms with Crippen molar-refractivity contribution < 1.29 is 0 Å². The van der Waals surface area contributed by atoms with Crippen molar-refractivity contribution in [2.45, 2.75) is 13.8 Å². The molecule has 2 N–H and O–H groups in total. The molecule has 0 unspecified atom stereocenters. The van der Waals surface area contributed by atoms with Crippen LogP contribution in [-0.4, -0.2) is 28.8 Å². The highest BCUT2D eigenvalue weighted by molar-refractivity contribution is 7.80. The number of hydrogen-bond acceptors (Lipinski definition) is 4. The Bertz CT molecular complexity index is 351. The molecule has 0 radical (unpaired) electrons. The second-order valence-corrected chi connectivity index (χ2v) is 4.35. The molecule has 0 spiro atoms. The summed E-state index contributed by atoms with van der Waals surface area (Å²) in [4.78, 5) is 2.38. The number of nitrogens with two attached hydrogens (primary N) is 1. The van der Waals surface area contributed by atoms with E-state index in [1.54, 1.807) is 12.3 Å². The van der Waals surface area contributed by atoms with Gasteiger partial charge in [-0.2, -0.15) is 5.10 Å². The Balaban J connectivity index is 2.97. The summed E-state index contributed by atoms with van der Waals surface area (Å²) in [5.74, 6) is 1.30. The summed E-state index contributed by atoms with van der Waals surface area (Å²) in [6.45, 7) is 5.19. The molecule has 0 aliphatic heterocycles. The highest BCUT2D eigenvalue weighted by Gasteiger charge is 2.12. The van der Waals surface area contributed by atoms with Gasteiger partial charge in [0.25, 0.3) is 0 Å². The van der Waals surface area contributed by atoms with Gasteiger partial charge in [0.1, 0.15) is 4.99 Å². The van der Waals surface area contributed by atoms with Crippen LogP contribution in [-0.2, 0) is 0 Å². The van der Waals surface area contributed by atoms with E-state index in [1.165, 1.54) is 0 Å². The third-order valence-corrected chi connectivity index (χ3v) is 2.19. The van der Waals surface area contributed by atoms with Crippen LogP contribution in [0.4, 0.5) is 5.82 Å². The third kappa shape index (κ3) is 3.13. The fraction of sp³-hybridized carbons (Fsp3) is 0.500. The average Bonchev–Trinajstić information content (AvgIpc) is 2.16. The Labute approximate surface area is 95.5 Å². The SMILES string of the molecule is CC(C)CN(C)c1nnccc1C(N)=S. The smallest absolute Gasteiger partial charge is 0.161 e. The molecule has 0 amide bonds. The van der Waals surface area contributed by atoms with Crippen molar-refractivity contribution in [2.24, 2.45) is 11.7 Å². The molecule has 1 heterocycles. The molecule has 1 aromatic rings. The van der Waals surface area contributed by atoms with Gasteiger partial charge in [-0.05, 0) is 12.0 Å². The lowest BCUT2D eigenvalue weighted by atomic mass is 10.2. The summed E-state index contributed by atoms with van der Waals surface area (Å²) < 4.78 is 0. The predicted octanol–water partition coefficient (Wildman–Crippen LogP) is 1.20. The minimum Gasteiger partial charge on any atom is -0.389 e. The lowest BCUT2D eigenvalue weighted by molar-refractivity contribution is 0.632. The second kappa shape index (κ2) is 5.02. The zero-order valence-electron chi connectivity index (χ0n) is 9.27. The van der Waals surface area contributed by atoms with Gasteiger partial charge < -0.3 is 10.6 Å². The maximum absolute atomic E-state index is 5.62. The van der Waals surface area contributed by atoms with Gasteiger partial charge in [0, 0.05) is 13.6 Å². The van der Waals surface area contributed by atoms with Crippen LogP contribution in [0.3, 0.4) is 0 Å². The van der Waals surface area contributed by atoms with Crippen LogP contribution in [0.5, 0.6) is 0 Å². The molecule has 0 aromatic carbocycles. The molecule has 0 bridgehead atoms. The first-order chi connectivity index (χ1) is 7.02. The minimum absolute atomic E-state index is 0.357. The summed E-state index contributed by atoms with van der Waals surface area (Å²) in [5, 5.41) is 7.91. The van der Waals surface area contributed by atoms with Crippen molar-refractivity contribution in [3.63, 3.8) is 0 Å². The van der Waals surface area contributed by atoms with Crippen LogP contribution in [0.2, 0.25) is 0 Å². The third-order valence-electron chi connectivity index (χ3n) is 1.97. The normalized spacial score (nSPS) is 10.4. The summed E-state index contributed by atoms with van der Waals surface area (Å²) in [6.07, 6.45) is 1.60. The Hall–Kier alpha value is -1.23. The molecule has 0 saturated heterocycles. The quantitative estimate of drug-likeness (QED) is 0.779. The van der Waals surface area contributed by atoms with Crippen LogP contribution in [0.25, 0.3) is 0 Å². The molecule has 1 aromatic heterocycles. The van der Waals surface area contributed by atoms with E-state index in [0.29, 0.717) is 10.9 Å². The van der Waals surface area contributed by atoms with E-state index in [-0.39, 0.29) is 0 Å². The molecule has 82 valence electrons. The highest BCUT2D eigenvalue weighted by atomic mass is 32.1. The lowest BCUT2D eigenvalue weighted by Gasteiger charge is -2.21. The lowest BCUT2D eigenvalue weighted by Crippen LogP contribution is -2.27. The van der Waals surface area contributed by atoms with E-state index < -0.39 is 0 Å². The monoisotopic (exact) mass is 224 g/mol. The van der Waals surface area contributed by atoms with Crippen LogP contribution in [0, 0.1) is 5.92 Å². The van der Waals surface area contributed by atoms with E-state index in [2.05, 4.69) is 24.0 Å². The number of nitrogens with zero attached hydrogens (tertiary/aromatic N) is 3. The molecule has 0 fully saturated rings. The second-order valence-electron chi connectivity index (χ2n) is 3.91. The number of anilines is 1. The van der Waals surface area contributed by atoms with Crippen LogP contribution >= 0.6 is 12.2 Å². The van der Waals surface area contributed by atoms with Crippen molar-refractivity contribution in [1.29, 1.82) is 0 Å². The molecular weight excluding hydrogens is 208 g/mol. The number of thiocarbonyl (C=S) groups is 1. The van der Waals surface area contributed by atoms with E-state index in [0.717, 1.165) is 17.9 Å². The van der Waals surface area contributed by atoms with E-state index >= 15 is 0 Å². The van der Waals surface area contributed by atoms with Gasteiger partial charge in [-0.15, -0.1) is 5.10 Å². The summed E-state index contributed by atoms with van der Waals surface area (Å²) in [6, 6.07) is 1.79. The van der Waals surface area contributed by atoms with Crippen LogP contribution in [0.15, 0.2) is 12.3 Å². The van der Waals surface area contributed by atoms with Crippen LogP contribution in [0.1, 0.15) is 19.4 Å². The zero-order valence-corrected chi connectivity index (χ0v) is 10.1. The molecule has 0 aliphatic rings. The fourth-order valence-corrected chi connectivity index (χ4v) is 1.59. The van der Waals surface area contributed by atoms with Crippen molar-refractivity contribution in [1.82, 2.24) is 10.2 Å². The van der Waals surface area contributed by atoms with Gasteiger partial charge in [-0.25, -0.2) is 0 Å². The van der Waals surface area contributed by atoms with Crippen molar-refractivity contribution in [3.8, 4) is 0 Å². The van der Waals surface area contributed by atoms with E-state index in [1.807, 2.05) is 11.9 Å².